The molecule has 41 heavy (non-hydrogen) atoms. The molecule has 11 heteroatoms. The van der Waals surface area contributed by atoms with Crippen LogP contribution in [0, 0.1) is 0 Å². The first-order valence-corrected chi connectivity index (χ1v) is 14.7. The summed E-state index contributed by atoms with van der Waals surface area (Å²) in [5.41, 5.74) is 1.75. The van der Waals surface area contributed by atoms with Crippen molar-refractivity contribution in [2.24, 2.45) is 0 Å². The molecular weight excluding hydrogens is 555 g/mol. The second-order valence-corrected chi connectivity index (χ2v) is 12.2. The molecule has 3 aromatic rings. The molecule has 1 saturated heterocycles. The standard InChI is InChI=1S/C30H32F3N3O4S/c1-21(2)24-10-8-23(9-11-24)19-34-29(38)27-20-35(28(37)18-22-6-4-3-5-7-22)16-17-36(27)41(39,40)26-14-12-25(13-15-26)30(31,32)33/h3-15,21,27H,16-20H2,1-2H3,(H,34,38)/t27-/m1/s1. The lowest BCUT2D eigenvalue weighted by Gasteiger charge is -2.39. The fourth-order valence-electron chi connectivity index (χ4n) is 4.66. The molecule has 0 aliphatic carbocycles. The highest BCUT2D eigenvalue weighted by Crippen LogP contribution is 2.31. The summed E-state index contributed by atoms with van der Waals surface area (Å²) in [5.74, 6) is -0.528. The third kappa shape index (κ3) is 7.34. The molecule has 218 valence electrons. The van der Waals surface area contributed by atoms with E-state index >= 15 is 0 Å². The Morgan fingerprint density at radius 1 is 0.902 bits per heavy atom. The van der Waals surface area contributed by atoms with Crippen LogP contribution in [0.25, 0.3) is 0 Å². The monoisotopic (exact) mass is 587 g/mol. The predicted octanol–water partition coefficient (Wildman–Crippen LogP) is 4.59. The third-order valence-electron chi connectivity index (χ3n) is 7.09. The fourth-order valence-corrected chi connectivity index (χ4v) is 6.23. The van der Waals surface area contributed by atoms with E-state index in [0.29, 0.717) is 18.1 Å². The molecule has 3 aromatic carbocycles. The van der Waals surface area contributed by atoms with Crippen molar-refractivity contribution in [2.45, 2.75) is 49.8 Å². The highest BCUT2D eigenvalue weighted by Gasteiger charge is 2.41. The van der Waals surface area contributed by atoms with Gasteiger partial charge in [0.15, 0.2) is 0 Å². The van der Waals surface area contributed by atoms with Crippen molar-refractivity contribution in [1.29, 1.82) is 0 Å². The predicted molar refractivity (Wildman–Crippen MR) is 148 cm³/mol. The number of hydrogen-bond acceptors (Lipinski definition) is 4. The Labute approximate surface area is 238 Å². The number of sulfonamides is 1. The zero-order chi connectivity index (χ0) is 29.8. The summed E-state index contributed by atoms with van der Waals surface area (Å²) in [4.78, 5) is 27.6. The van der Waals surface area contributed by atoms with Crippen LogP contribution >= 0.6 is 0 Å². The summed E-state index contributed by atoms with van der Waals surface area (Å²) in [5, 5.41) is 2.78. The van der Waals surface area contributed by atoms with Crippen LogP contribution in [0.4, 0.5) is 13.2 Å². The summed E-state index contributed by atoms with van der Waals surface area (Å²) < 4.78 is 67.3. The first kappa shape index (κ1) is 30.3. The molecule has 4 rings (SSSR count). The molecule has 1 heterocycles. The van der Waals surface area contributed by atoms with Crippen LogP contribution in [0.15, 0.2) is 83.8 Å². The molecule has 0 saturated carbocycles. The Hall–Kier alpha value is -3.70. The number of amides is 2. The maximum Gasteiger partial charge on any atom is 0.416 e. The normalized spacial score (nSPS) is 16.5. The van der Waals surface area contributed by atoms with Crippen LogP contribution in [0.5, 0.6) is 0 Å². The molecule has 1 fully saturated rings. The smallest absolute Gasteiger partial charge is 0.351 e. The van der Waals surface area contributed by atoms with Crippen molar-refractivity contribution in [1.82, 2.24) is 14.5 Å². The van der Waals surface area contributed by atoms with Gasteiger partial charge in [-0.3, -0.25) is 9.59 Å². The summed E-state index contributed by atoms with van der Waals surface area (Å²) in [7, 11) is -4.36. The number of carbonyl (C=O) groups excluding carboxylic acids is 2. The van der Waals surface area contributed by atoms with E-state index in [4.69, 9.17) is 0 Å². The van der Waals surface area contributed by atoms with Gasteiger partial charge in [0.2, 0.25) is 21.8 Å². The molecule has 0 aromatic heterocycles. The van der Waals surface area contributed by atoms with Gasteiger partial charge in [0.1, 0.15) is 6.04 Å². The van der Waals surface area contributed by atoms with Crippen LogP contribution in [-0.4, -0.2) is 55.1 Å². The number of piperazine rings is 1. The minimum Gasteiger partial charge on any atom is -0.351 e. The number of rotatable bonds is 8. The van der Waals surface area contributed by atoms with E-state index in [1.165, 1.54) is 4.90 Å². The van der Waals surface area contributed by atoms with E-state index < -0.39 is 33.7 Å². The van der Waals surface area contributed by atoms with Gasteiger partial charge < -0.3 is 10.2 Å². The molecule has 2 amide bonds. The molecule has 1 aliphatic rings. The van der Waals surface area contributed by atoms with Crippen molar-refractivity contribution >= 4 is 21.8 Å². The Morgan fingerprint density at radius 2 is 1.54 bits per heavy atom. The number of hydrogen-bond donors (Lipinski definition) is 1. The molecule has 1 atom stereocenters. The number of alkyl halides is 3. The van der Waals surface area contributed by atoms with Crippen molar-refractivity contribution in [3.05, 3.63) is 101 Å². The van der Waals surface area contributed by atoms with Crippen molar-refractivity contribution in [3.63, 3.8) is 0 Å². The van der Waals surface area contributed by atoms with Crippen LogP contribution in [0.3, 0.4) is 0 Å². The third-order valence-corrected chi connectivity index (χ3v) is 9.01. The highest BCUT2D eigenvalue weighted by molar-refractivity contribution is 7.89. The van der Waals surface area contributed by atoms with Gasteiger partial charge in [-0.1, -0.05) is 68.4 Å². The van der Waals surface area contributed by atoms with Crippen molar-refractivity contribution in [2.75, 3.05) is 19.6 Å². The SMILES string of the molecule is CC(C)c1ccc(CNC(=O)[C@H]2CN(C(=O)Cc3ccccc3)CCN2S(=O)(=O)c2ccc(C(F)(F)F)cc2)cc1. The van der Waals surface area contributed by atoms with E-state index in [1.54, 1.807) is 24.3 Å². The Bertz CT molecular complexity index is 1460. The number of nitrogens with one attached hydrogen (secondary N) is 1. The zero-order valence-corrected chi connectivity index (χ0v) is 23.6. The van der Waals surface area contributed by atoms with Gasteiger partial charge in [-0.05, 0) is 46.9 Å². The quantitative estimate of drug-likeness (QED) is 0.418. The molecule has 0 unspecified atom stereocenters. The Balaban J connectivity index is 1.56. The van der Waals surface area contributed by atoms with Crippen molar-refractivity contribution < 1.29 is 31.2 Å². The summed E-state index contributed by atoms with van der Waals surface area (Å²) in [6.07, 6.45) is -4.54. The lowest BCUT2D eigenvalue weighted by atomic mass is 10.0. The van der Waals surface area contributed by atoms with Crippen LogP contribution in [-0.2, 0) is 38.8 Å². The van der Waals surface area contributed by atoms with Gasteiger partial charge in [0.25, 0.3) is 0 Å². The maximum atomic E-state index is 13.6. The molecule has 1 N–H and O–H groups in total. The van der Waals surface area contributed by atoms with Gasteiger partial charge in [-0.2, -0.15) is 17.5 Å². The Kier molecular flexibility index (Phi) is 9.18. The molecular formula is C30H32F3N3O4S. The van der Waals surface area contributed by atoms with Gasteiger partial charge in [0, 0.05) is 26.2 Å². The van der Waals surface area contributed by atoms with E-state index in [0.717, 1.165) is 33.1 Å². The molecule has 7 nitrogen and oxygen atoms in total. The largest absolute Gasteiger partial charge is 0.416 e. The van der Waals surface area contributed by atoms with E-state index in [-0.39, 0.29) is 43.4 Å². The van der Waals surface area contributed by atoms with Crippen LogP contribution in [0.1, 0.15) is 42.0 Å². The van der Waals surface area contributed by atoms with E-state index in [1.807, 2.05) is 30.3 Å². The van der Waals surface area contributed by atoms with Gasteiger partial charge >= 0.3 is 6.18 Å². The molecule has 0 radical (unpaired) electrons. The van der Waals surface area contributed by atoms with E-state index in [9.17, 15) is 31.2 Å². The second-order valence-electron chi connectivity index (χ2n) is 10.3. The van der Waals surface area contributed by atoms with Gasteiger partial charge in [0.05, 0.1) is 16.9 Å². The topological polar surface area (TPSA) is 86.8 Å². The van der Waals surface area contributed by atoms with E-state index in [2.05, 4.69) is 19.2 Å². The van der Waals surface area contributed by atoms with Gasteiger partial charge in [-0.25, -0.2) is 8.42 Å². The summed E-state index contributed by atoms with van der Waals surface area (Å²) >= 11 is 0. The van der Waals surface area contributed by atoms with Crippen LogP contribution in [0.2, 0.25) is 0 Å². The summed E-state index contributed by atoms with van der Waals surface area (Å²) in [6.45, 7) is 3.92. The average Bonchev–Trinajstić information content (AvgIpc) is 2.96. The number of nitrogens with zero attached hydrogens (tertiary/aromatic N) is 2. The second kappa shape index (κ2) is 12.4. The van der Waals surface area contributed by atoms with Crippen LogP contribution < -0.4 is 5.32 Å². The first-order chi connectivity index (χ1) is 19.4. The van der Waals surface area contributed by atoms with Gasteiger partial charge in [-0.15, -0.1) is 0 Å². The number of benzene rings is 3. The first-order valence-electron chi connectivity index (χ1n) is 13.2. The lowest BCUT2D eigenvalue weighted by Crippen LogP contribution is -2.61. The maximum absolute atomic E-state index is 13.6. The minimum absolute atomic E-state index is 0.0337. The molecule has 1 aliphatic heterocycles. The lowest BCUT2D eigenvalue weighted by molar-refractivity contribution is -0.138. The fraction of sp³-hybridized carbons (Fsp3) is 0.333. The number of carbonyl (C=O) groups is 2. The Morgan fingerprint density at radius 3 is 2.12 bits per heavy atom. The number of halogens is 3. The highest BCUT2D eigenvalue weighted by atomic mass is 32.2. The minimum atomic E-state index is -4.62. The summed E-state index contributed by atoms with van der Waals surface area (Å²) in [6, 6.07) is 18.6. The molecule has 0 spiro atoms. The zero-order valence-electron chi connectivity index (χ0n) is 22.8. The van der Waals surface area contributed by atoms with Crippen molar-refractivity contribution in [3.8, 4) is 0 Å². The molecule has 0 bridgehead atoms. The average molecular weight is 588 g/mol.